The largest absolute Gasteiger partial charge is 0.349 e. The zero-order valence-corrected chi connectivity index (χ0v) is 14.3. The minimum atomic E-state index is 0.123. The topological polar surface area (TPSA) is 41.4 Å². The van der Waals surface area contributed by atoms with Gasteiger partial charge in [0.15, 0.2) is 0 Å². The number of amides is 1. The Morgan fingerprint density at radius 3 is 2.87 bits per heavy atom. The molecule has 1 saturated heterocycles. The number of aromatic nitrogens is 2. The Bertz CT molecular complexity index is 691. The van der Waals surface area contributed by atoms with Crippen molar-refractivity contribution in [1.82, 2.24) is 19.4 Å². The number of piperidine rings is 1. The van der Waals surface area contributed by atoms with Crippen molar-refractivity contribution in [3.8, 4) is 0 Å². The highest BCUT2D eigenvalue weighted by Crippen LogP contribution is 2.22. The average molecular weight is 314 g/mol. The van der Waals surface area contributed by atoms with E-state index in [0.29, 0.717) is 0 Å². The van der Waals surface area contributed by atoms with Crippen molar-refractivity contribution in [2.24, 2.45) is 5.92 Å². The summed E-state index contributed by atoms with van der Waals surface area (Å²) < 4.78 is 2.28. The molecule has 23 heavy (non-hydrogen) atoms. The van der Waals surface area contributed by atoms with Crippen LogP contribution in [0.5, 0.6) is 0 Å². The van der Waals surface area contributed by atoms with E-state index in [-0.39, 0.29) is 11.8 Å². The van der Waals surface area contributed by atoms with E-state index in [0.717, 1.165) is 50.4 Å². The third kappa shape index (κ3) is 3.24. The van der Waals surface area contributed by atoms with Gasteiger partial charge in [0.05, 0.1) is 23.5 Å². The molecule has 0 N–H and O–H groups in total. The fourth-order valence-corrected chi connectivity index (χ4v) is 3.56. The van der Waals surface area contributed by atoms with Gasteiger partial charge in [0.25, 0.3) is 0 Å². The summed E-state index contributed by atoms with van der Waals surface area (Å²) in [6, 6.07) is 8.29. The molecule has 1 aromatic carbocycles. The maximum Gasteiger partial charge on any atom is 0.226 e. The number of carbonyl (C=O) groups is 1. The predicted octanol–water partition coefficient (Wildman–Crippen LogP) is 2.36. The van der Waals surface area contributed by atoms with Crippen LogP contribution in [-0.2, 0) is 17.9 Å². The number of para-hydroxylation sites is 2. The van der Waals surface area contributed by atoms with Crippen LogP contribution in [0.1, 0.15) is 25.6 Å². The van der Waals surface area contributed by atoms with Crippen molar-refractivity contribution in [3.05, 3.63) is 30.1 Å². The second-order valence-electron chi connectivity index (χ2n) is 6.57. The van der Waals surface area contributed by atoms with E-state index in [4.69, 9.17) is 4.98 Å². The molecule has 1 aliphatic heterocycles. The number of hydrogen-bond acceptors (Lipinski definition) is 3. The molecule has 2 aromatic rings. The Balaban J connectivity index is 1.78. The molecule has 124 valence electrons. The van der Waals surface area contributed by atoms with Crippen molar-refractivity contribution in [1.29, 1.82) is 0 Å². The molecule has 1 aliphatic rings. The van der Waals surface area contributed by atoms with Crippen LogP contribution in [0, 0.1) is 5.92 Å². The summed E-state index contributed by atoms with van der Waals surface area (Å²) in [5, 5.41) is 0. The second-order valence-corrected chi connectivity index (χ2v) is 6.57. The molecular weight excluding hydrogens is 288 g/mol. The Morgan fingerprint density at radius 1 is 1.35 bits per heavy atom. The number of rotatable bonds is 4. The van der Waals surface area contributed by atoms with Crippen molar-refractivity contribution in [2.75, 3.05) is 27.2 Å². The monoisotopic (exact) mass is 314 g/mol. The molecule has 0 aliphatic carbocycles. The number of likely N-dealkylation sites (tertiary alicyclic amines) is 1. The van der Waals surface area contributed by atoms with Gasteiger partial charge in [0.2, 0.25) is 5.91 Å². The molecule has 5 nitrogen and oxygen atoms in total. The molecule has 0 bridgehead atoms. The van der Waals surface area contributed by atoms with E-state index >= 15 is 0 Å². The van der Waals surface area contributed by atoms with Crippen LogP contribution in [-0.4, -0.2) is 52.4 Å². The number of hydrogen-bond donors (Lipinski definition) is 0. The molecule has 0 saturated carbocycles. The van der Waals surface area contributed by atoms with Gasteiger partial charge >= 0.3 is 0 Å². The highest BCUT2D eigenvalue weighted by molar-refractivity contribution is 5.78. The first-order valence-corrected chi connectivity index (χ1v) is 8.47. The maximum atomic E-state index is 12.2. The van der Waals surface area contributed by atoms with Crippen molar-refractivity contribution < 1.29 is 4.79 Å². The second kappa shape index (κ2) is 6.71. The summed E-state index contributed by atoms with van der Waals surface area (Å²) in [5.41, 5.74) is 2.25. The van der Waals surface area contributed by atoms with Crippen LogP contribution < -0.4 is 0 Å². The summed E-state index contributed by atoms with van der Waals surface area (Å²) in [6.07, 6.45) is 2.08. The summed E-state index contributed by atoms with van der Waals surface area (Å²) in [6.45, 7) is 5.78. The number of imidazole rings is 1. The highest BCUT2D eigenvalue weighted by Gasteiger charge is 2.27. The molecule has 0 radical (unpaired) electrons. The summed E-state index contributed by atoms with van der Waals surface area (Å²) >= 11 is 0. The van der Waals surface area contributed by atoms with E-state index in [1.165, 1.54) is 5.52 Å². The zero-order valence-electron chi connectivity index (χ0n) is 14.3. The summed E-state index contributed by atoms with van der Waals surface area (Å²) in [7, 11) is 3.69. The van der Waals surface area contributed by atoms with Gasteiger partial charge in [0.1, 0.15) is 5.82 Å². The Kier molecular flexibility index (Phi) is 4.66. The lowest BCUT2D eigenvalue weighted by molar-refractivity contribution is -0.134. The lowest BCUT2D eigenvalue weighted by Crippen LogP contribution is -2.42. The first-order chi connectivity index (χ1) is 11.1. The molecule has 1 atom stereocenters. The van der Waals surface area contributed by atoms with Crippen molar-refractivity contribution in [3.63, 3.8) is 0 Å². The minimum Gasteiger partial charge on any atom is -0.349 e. The lowest BCUT2D eigenvalue weighted by Gasteiger charge is -2.33. The highest BCUT2D eigenvalue weighted by atomic mass is 16.2. The van der Waals surface area contributed by atoms with E-state index in [2.05, 4.69) is 34.6 Å². The third-order valence-corrected chi connectivity index (χ3v) is 4.71. The lowest BCUT2D eigenvalue weighted by atomic mass is 9.97. The van der Waals surface area contributed by atoms with Crippen molar-refractivity contribution in [2.45, 2.75) is 32.9 Å². The fraction of sp³-hybridized carbons (Fsp3) is 0.556. The first-order valence-electron chi connectivity index (χ1n) is 8.47. The predicted molar refractivity (Wildman–Crippen MR) is 92.1 cm³/mol. The third-order valence-electron chi connectivity index (χ3n) is 4.71. The number of aryl methyl sites for hydroxylation is 1. The quantitative estimate of drug-likeness (QED) is 0.870. The minimum absolute atomic E-state index is 0.123. The van der Waals surface area contributed by atoms with Gasteiger partial charge in [-0.3, -0.25) is 9.69 Å². The smallest absolute Gasteiger partial charge is 0.226 e. The zero-order chi connectivity index (χ0) is 16.4. The standard InChI is InChI=1S/C18H26N4O/c1-4-22-16-10-6-5-9-15(16)19-17(22)13-21-11-7-8-14(12-21)18(23)20(2)3/h5-6,9-10,14H,4,7-8,11-13H2,1-3H3/t14-/m1/s1. The molecule has 2 heterocycles. The number of fused-ring (bicyclic) bond motifs is 1. The van der Waals surface area contributed by atoms with Crippen LogP contribution in [0.3, 0.4) is 0 Å². The number of nitrogens with zero attached hydrogens (tertiary/aromatic N) is 4. The first kappa shape index (κ1) is 16.0. The van der Waals surface area contributed by atoms with E-state index in [9.17, 15) is 4.79 Å². The van der Waals surface area contributed by atoms with Crippen molar-refractivity contribution >= 4 is 16.9 Å². The number of benzene rings is 1. The maximum absolute atomic E-state index is 12.2. The molecule has 0 spiro atoms. The molecule has 5 heteroatoms. The van der Waals surface area contributed by atoms with Gasteiger partial charge in [-0.2, -0.15) is 0 Å². The van der Waals surface area contributed by atoms with Gasteiger partial charge in [-0.1, -0.05) is 12.1 Å². The van der Waals surface area contributed by atoms with E-state index < -0.39 is 0 Å². The van der Waals surface area contributed by atoms with Crippen LogP contribution in [0.2, 0.25) is 0 Å². The number of carbonyl (C=O) groups excluding carboxylic acids is 1. The van der Waals surface area contributed by atoms with Crippen LogP contribution >= 0.6 is 0 Å². The SMILES string of the molecule is CCn1c(CN2CCC[C@@H](C(=O)N(C)C)C2)nc2ccccc21. The molecule has 0 unspecified atom stereocenters. The Morgan fingerprint density at radius 2 is 2.13 bits per heavy atom. The Hall–Kier alpha value is -1.88. The summed E-state index contributed by atoms with van der Waals surface area (Å²) in [5.74, 6) is 1.48. The average Bonchev–Trinajstić information content (AvgIpc) is 2.91. The van der Waals surface area contributed by atoms with E-state index in [1.54, 1.807) is 4.90 Å². The van der Waals surface area contributed by atoms with Crippen LogP contribution in [0.15, 0.2) is 24.3 Å². The molecule has 1 amide bonds. The van der Waals surface area contributed by atoms with Gasteiger partial charge in [0, 0.05) is 27.2 Å². The van der Waals surface area contributed by atoms with Gasteiger partial charge < -0.3 is 9.47 Å². The molecule has 3 rings (SSSR count). The van der Waals surface area contributed by atoms with E-state index in [1.807, 2.05) is 20.2 Å². The van der Waals surface area contributed by atoms with Crippen LogP contribution in [0.4, 0.5) is 0 Å². The molecule has 1 aromatic heterocycles. The van der Waals surface area contributed by atoms with Gasteiger partial charge in [-0.25, -0.2) is 4.98 Å². The van der Waals surface area contributed by atoms with Crippen LogP contribution in [0.25, 0.3) is 11.0 Å². The molecule has 1 fully saturated rings. The van der Waals surface area contributed by atoms with Gasteiger partial charge in [-0.05, 0) is 38.4 Å². The molecular formula is C18H26N4O. The Labute approximate surface area is 137 Å². The normalized spacial score (nSPS) is 19.2. The summed E-state index contributed by atoms with van der Waals surface area (Å²) in [4.78, 5) is 21.1. The van der Waals surface area contributed by atoms with Gasteiger partial charge in [-0.15, -0.1) is 0 Å². The fourth-order valence-electron chi connectivity index (χ4n) is 3.56.